The Morgan fingerprint density at radius 2 is 0.787 bits per heavy atom. The smallest absolute Gasteiger partial charge is 0.462 e. The summed E-state index contributed by atoms with van der Waals surface area (Å²) in [5.74, 6) is -0.790. The second-order valence-corrected chi connectivity index (χ2v) is 19.2. The van der Waals surface area contributed by atoms with Crippen molar-refractivity contribution in [3.8, 4) is 0 Å². The third-order valence-electron chi connectivity index (χ3n) is 11.7. The molecule has 360 valence electrons. The van der Waals surface area contributed by atoms with E-state index in [2.05, 4.69) is 42.7 Å². The Morgan fingerprint density at radius 3 is 1.15 bits per heavy atom. The molecule has 0 radical (unpaired) electrons. The van der Waals surface area contributed by atoms with Crippen LogP contribution in [-0.4, -0.2) is 43.3 Å². The van der Waals surface area contributed by atoms with E-state index in [1.54, 1.807) is 0 Å². The van der Waals surface area contributed by atoms with Crippen molar-refractivity contribution >= 4 is 19.8 Å². The highest BCUT2D eigenvalue weighted by Crippen LogP contribution is 2.42. The molecule has 0 rings (SSSR count). The van der Waals surface area contributed by atoms with Gasteiger partial charge in [0, 0.05) is 20.0 Å². The van der Waals surface area contributed by atoms with E-state index in [9.17, 15) is 19.0 Å². The number of phosphoric ester groups is 1. The number of ether oxygens (including phenoxy) is 2. The number of carbonyl (C=O) groups excluding carboxylic acids is 2. The van der Waals surface area contributed by atoms with E-state index in [4.69, 9.17) is 14.0 Å². The summed E-state index contributed by atoms with van der Waals surface area (Å²) in [6.45, 7) is 3.93. The van der Waals surface area contributed by atoms with E-state index in [1.165, 1.54) is 199 Å². The Kier molecular flexibility index (Phi) is 46.8. The molecule has 9 heteroatoms. The molecule has 0 amide bonds. The molecule has 1 N–H and O–H groups in total. The summed E-state index contributed by atoms with van der Waals surface area (Å²) >= 11 is 0. The molecule has 0 aromatic rings. The van der Waals surface area contributed by atoms with E-state index in [0.29, 0.717) is 12.8 Å². The summed E-state index contributed by atoms with van der Waals surface area (Å²) in [6, 6.07) is 0. The number of hydrogen-bond acceptors (Lipinski definition) is 7. The molecule has 0 aromatic carbocycles. The summed E-state index contributed by atoms with van der Waals surface area (Å²) in [7, 11) is -3.20. The molecule has 0 aliphatic rings. The molecule has 0 aliphatic heterocycles. The fourth-order valence-electron chi connectivity index (χ4n) is 7.69. The summed E-state index contributed by atoms with van der Waals surface area (Å²) in [6.07, 6.45) is 56.7. The number of allylic oxidation sites excluding steroid dienone is 4. The zero-order valence-electron chi connectivity index (χ0n) is 40.3. The lowest BCUT2D eigenvalue weighted by atomic mass is 10.0. The summed E-state index contributed by atoms with van der Waals surface area (Å²) < 4.78 is 32.2. The lowest BCUT2D eigenvalue weighted by Gasteiger charge is -2.19. The first-order valence-electron chi connectivity index (χ1n) is 26.0. The summed E-state index contributed by atoms with van der Waals surface area (Å²) in [4.78, 5) is 34.7. The topological polar surface area (TPSA) is 108 Å². The monoisotopic (exact) mass is 883 g/mol. The molecule has 0 saturated heterocycles. The molecular weight excluding hydrogens is 784 g/mol. The molecule has 61 heavy (non-hydrogen) atoms. The quantitative estimate of drug-likeness (QED) is 0.0279. The molecule has 2 unspecified atom stereocenters. The lowest BCUT2D eigenvalue weighted by molar-refractivity contribution is -0.161. The van der Waals surface area contributed by atoms with Gasteiger partial charge in [-0.05, 0) is 44.9 Å². The largest absolute Gasteiger partial charge is 0.472 e. The van der Waals surface area contributed by atoms with Crippen molar-refractivity contribution < 1.29 is 37.6 Å². The zero-order valence-corrected chi connectivity index (χ0v) is 41.2. The summed E-state index contributed by atoms with van der Waals surface area (Å²) in [5, 5.41) is 0. The van der Waals surface area contributed by atoms with Crippen LogP contribution in [-0.2, 0) is 32.7 Å². The van der Waals surface area contributed by atoms with Gasteiger partial charge in [-0.15, -0.1) is 0 Å². The van der Waals surface area contributed by atoms with Crippen LogP contribution in [0.15, 0.2) is 24.3 Å². The van der Waals surface area contributed by atoms with Crippen LogP contribution >= 0.6 is 7.82 Å². The molecular formula is C52H99O8P. The maximum Gasteiger partial charge on any atom is 0.472 e. The van der Waals surface area contributed by atoms with Gasteiger partial charge in [0.2, 0.25) is 0 Å². The first-order chi connectivity index (χ1) is 29.8. The minimum atomic E-state index is -4.26. The highest BCUT2D eigenvalue weighted by molar-refractivity contribution is 7.47. The minimum absolute atomic E-state index is 0.221. The lowest BCUT2D eigenvalue weighted by Crippen LogP contribution is -2.29. The van der Waals surface area contributed by atoms with Crippen LogP contribution in [0.3, 0.4) is 0 Å². The first-order valence-corrected chi connectivity index (χ1v) is 27.5. The molecule has 0 bridgehead atoms. The van der Waals surface area contributed by atoms with Gasteiger partial charge in [0.05, 0.1) is 6.61 Å². The average molecular weight is 883 g/mol. The third-order valence-corrected chi connectivity index (χ3v) is 12.6. The van der Waals surface area contributed by atoms with Crippen molar-refractivity contribution in [3.63, 3.8) is 0 Å². The fraction of sp³-hybridized carbons (Fsp3) is 0.885. The van der Waals surface area contributed by atoms with Crippen LogP contribution in [0.2, 0.25) is 0 Å². The van der Waals surface area contributed by atoms with Crippen LogP contribution < -0.4 is 0 Å². The second kappa shape index (κ2) is 48.0. The fourth-order valence-corrected chi connectivity index (χ4v) is 8.15. The van der Waals surface area contributed by atoms with Crippen molar-refractivity contribution in [2.45, 2.75) is 277 Å². The Morgan fingerprint density at radius 1 is 0.459 bits per heavy atom. The van der Waals surface area contributed by atoms with Gasteiger partial charge >= 0.3 is 19.8 Å². The van der Waals surface area contributed by atoms with Crippen molar-refractivity contribution in [2.75, 3.05) is 20.3 Å². The molecule has 8 nitrogen and oxygen atoms in total. The first kappa shape index (κ1) is 59.5. The highest BCUT2D eigenvalue weighted by Gasteiger charge is 2.24. The van der Waals surface area contributed by atoms with Crippen LogP contribution in [0.4, 0.5) is 0 Å². The standard InChI is InChI=1S/C52H99O8P/c1-4-6-8-10-12-14-16-18-20-22-24-25-26-27-29-31-33-35-37-39-41-43-45-47-52(54)60-50(49-59-61(55,56)57-3)48-58-51(53)46-44-42-40-38-36-34-32-30-28-23-21-19-17-15-13-11-9-7-5-2/h16,18,22,24,50H,4-15,17,19-21,23,25-49H2,1-3H3,(H,55,56)/b18-16-,24-22-. The zero-order chi connectivity index (χ0) is 44.6. The van der Waals surface area contributed by atoms with Gasteiger partial charge in [-0.2, -0.15) is 0 Å². The van der Waals surface area contributed by atoms with Gasteiger partial charge in [0.25, 0.3) is 0 Å². The van der Waals surface area contributed by atoms with Crippen LogP contribution in [0, 0.1) is 0 Å². The van der Waals surface area contributed by atoms with Gasteiger partial charge in [-0.3, -0.25) is 18.6 Å². The number of hydrogen-bond donors (Lipinski definition) is 1. The van der Waals surface area contributed by atoms with E-state index >= 15 is 0 Å². The Bertz CT molecular complexity index is 1050. The Balaban J connectivity index is 3.86. The third kappa shape index (κ3) is 47.8. The average Bonchev–Trinajstić information content (AvgIpc) is 3.25. The highest BCUT2D eigenvalue weighted by atomic mass is 31.2. The minimum Gasteiger partial charge on any atom is -0.462 e. The van der Waals surface area contributed by atoms with E-state index in [1.807, 2.05) is 0 Å². The molecule has 0 spiro atoms. The molecule has 0 aliphatic carbocycles. The van der Waals surface area contributed by atoms with Gasteiger partial charge < -0.3 is 14.4 Å². The Labute approximate surface area is 377 Å². The number of rotatable bonds is 49. The molecule has 0 heterocycles. The summed E-state index contributed by atoms with van der Waals surface area (Å²) in [5.41, 5.74) is 0. The second-order valence-electron chi connectivity index (χ2n) is 17.7. The maximum atomic E-state index is 12.6. The number of phosphoric acid groups is 1. The van der Waals surface area contributed by atoms with Crippen molar-refractivity contribution in [1.82, 2.24) is 0 Å². The van der Waals surface area contributed by atoms with Crippen molar-refractivity contribution in [2.24, 2.45) is 0 Å². The molecule has 0 saturated carbocycles. The van der Waals surface area contributed by atoms with E-state index in [0.717, 1.165) is 45.6 Å². The van der Waals surface area contributed by atoms with E-state index in [-0.39, 0.29) is 19.0 Å². The number of esters is 2. The number of unbranched alkanes of at least 4 members (excludes halogenated alkanes) is 34. The SMILES string of the molecule is CCCCCCC/C=C\C/C=C\CCCCCCCCCCCCCC(=O)OC(COC(=O)CCCCCCCCCCCCCCCCCCCCC)COP(=O)(O)OC. The van der Waals surface area contributed by atoms with E-state index < -0.39 is 26.5 Å². The molecule has 2 atom stereocenters. The van der Waals surface area contributed by atoms with Gasteiger partial charge in [-0.1, -0.05) is 237 Å². The molecule has 0 fully saturated rings. The van der Waals surface area contributed by atoms with Crippen LogP contribution in [0.25, 0.3) is 0 Å². The maximum absolute atomic E-state index is 12.6. The van der Waals surface area contributed by atoms with Crippen LogP contribution in [0.1, 0.15) is 271 Å². The molecule has 0 aromatic heterocycles. The Hall–Kier alpha value is -1.47. The van der Waals surface area contributed by atoms with Gasteiger partial charge in [-0.25, -0.2) is 4.57 Å². The predicted molar refractivity (Wildman–Crippen MR) is 258 cm³/mol. The number of carbonyl (C=O) groups is 2. The van der Waals surface area contributed by atoms with Crippen molar-refractivity contribution in [1.29, 1.82) is 0 Å². The van der Waals surface area contributed by atoms with Gasteiger partial charge in [0.1, 0.15) is 6.61 Å². The van der Waals surface area contributed by atoms with Crippen molar-refractivity contribution in [3.05, 3.63) is 24.3 Å². The normalized spacial score (nSPS) is 13.3. The predicted octanol–water partition coefficient (Wildman–Crippen LogP) is 17.0. The van der Waals surface area contributed by atoms with Crippen LogP contribution in [0.5, 0.6) is 0 Å². The van der Waals surface area contributed by atoms with Gasteiger partial charge in [0.15, 0.2) is 6.10 Å².